The molecule has 0 unspecified atom stereocenters. The summed E-state index contributed by atoms with van der Waals surface area (Å²) in [6.45, 7) is 0. The largest absolute Gasteiger partial charge is 0.478 e. The van der Waals surface area contributed by atoms with Crippen molar-refractivity contribution in [2.75, 3.05) is 0 Å². The van der Waals surface area contributed by atoms with Gasteiger partial charge in [0.1, 0.15) is 11.3 Å². The lowest BCUT2D eigenvalue weighted by Crippen LogP contribution is -2.22. The van der Waals surface area contributed by atoms with Gasteiger partial charge in [-0.15, -0.1) is 11.3 Å². The Hall–Kier alpha value is -1.47. The third-order valence-corrected chi connectivity index (χ3v) is 3.75. The average molecular weight is 315 g/mol. The smallest absolute Gasteiger partial charge is 0.347 e. The van der Waals surface area contributed by atoms with E-state index in [0.29, 0.717) is 4.88 Å². The summed E-state index contributed by atoms with van der Waals surface area (Å²) in [5.74, 6) is -1.10. The molecule has 0 aliphatic carbocycles. The number of aryl methyl sites for hydroxylation is 1. The monoisotopic (exact) mass is 314 g/mol. The number of carbonyl (C=O) groups is 1. The Morgan fingerprint density at radius 1 is 1.53 bits per heavy atom. The normalized spacial score (nSPS) is 10.5. The Morgan fingerprint density at radius 3 is 2.76 bits per heavy atom. The maximum absolute atomic E-state index is 11.4. The Balaban J connectivity index is 2.71. The summed E-state index contributed by atoms with van der Waals surface area (Å²) in [7, 11) is 1.47. The van der Waals surface area contributed by atoms with Crippen LogP contribution in [0.4, 0.5) is 0 Å². The second-order valence-corrected chi connectivity index (χ2v) is 5.77. The van der Waals surface area contributed by atoms with Crippen LogP contribution in [0.2, 0.25) is 0 Å². The first-order valence-electron chi connectivity index (χ1n) is 4.55. The van der Waals surface area contributed by atoms with Crippen LogP contribution >= 0.6 is 27.3 Å². The first-order valence-corrected chi connectivity index (χ1v) is 6.16. The van der Waals surface area contributed by atoms with Gasteiger partial charge in [-0.3, -0.25) is 0 Å². The average Bonchev–Trinajstić information content (AvgIpc) is 2.68. The molecule has 0 aliphatic rings. The number of carboxylic acids is 1. The molecule has 7 heteroatoms. The number of thiophene rings is 1. The highest BCUT2D eigenvalue weighted by atomic mass is 79.9. The number of nitrogens with zero attached hydrogens (tertiary/aromatic N) is 2. The minimum atomic E-state index is -1.10. The topological polar surface area (TPSA) is 72.2 Å². The Kier molecular flexibility index (Phi) is 3.12. The van der Waals surface area contributed by atoms with Crippen molar-refractivity contribution in [1.29, 1.82) is 0 Å². The number of aromatic nitrogens is 2. The third kappa shape index (κ3) is 2.29. The van der Waals surface area contributed by atoms with E-state index in [9.17, 15) is 9.59 Å². The fourth-order valence-corrected chi connectivity index (χ4v) is 2.72. The van der Waals surface area contributed by atoms with E-state index in [2.05, 4.69) is 20.9 Å². The lowest BCUT2D eigenvalue weighted by Gasteiger charge is -2.04. The summed E-state index contributed by atoms with van der Waals surface area (Å²) in [4.78, 5) is 27.0. The summed E-state index contributed by atoms with van der Waals surface area (Å²) in [6, 6.07) is 3.51. The van der Waals surface area contributed by atoms with Crippen molar-refractivity contribution < 1.29 is 9.90 Å². The lowest BCUT2D eigenvalue weighted by atomic mass is 10.2. The quantitative estimate of drug-likeness (QED) is 0.919. The highest BCUT2D eigenvalue weighted by Gasteiger charge is 2.16. The molecule has 2 heterocycles. The Labute approximate surface area is 108 Å². The highest BCUT2D eigenvalue weighted by Crippen LogP contribution is 2.31. The van der Waals surface area contributed by atoms with Crippen molar-refractivity contribution in [1.82, 2.24) is 9.55 Å². The number of halogens is 1. The summed E-state index contributed by atoms with van der Waals surface area (Å²) >= 11 is 4.61. The summed E-state index contributed by atoms with van der Waals surface area (Å²) in [5.41, 5.74) is -0.257. The zero-order valence-electron chi connectivity index (χ0n) is 8.68. The first-order chi connectivity index (χ1) is 7.99. The van der Waals surface area contributed by atoms with Crippen molar-refractivity contribution in [3.8, 4) is 10.6 Å². The van der Waals surface area contributed by atoms with Gasteiger partial charge in [-0.25, -0.2) is 9.59 Å². The summed E-state index contributed by atoms with van der Waals surface area (Å²) in [6.07, 6.45) is 1.28. The molecule has 2 aromatic heterocycles. The molecule has 0 spiro atoms. The summed E-state index contributed by atoms with van der Waals surface area (Å²) < 4.78 is 2.00. The van der Waals surface area contributed by atoms with Gasteiger partial charge in [0.25, 0.3) is 0 Å². The summed E-state index contributed by atoms with van der Waals surface area (Å²) in [5, 5.41) is 9.09. The van der Waals surface area contributed by atoms with Crippen molar-refractivity contribution in [3.63, 3.8) is 0 Å². The third-order valence-electron chi connectivity index (χ3n) is 2.12. The van der Waals surface area contributed by atoms with Gasteiger partial charge in [-0.1, -0.05) is 0 Å². The Morgan fingerprint density at radius 2 is 2.24 bits per heavy atom. The van der Waals surface area contributed by atoms with Crippen molar-refractivity contribution in [2.45, 2.75) is 0 Å². The van der Waals surface area contributed by atoms with Crippen LogP contribution in [0.25, 0.3) is 10.6 Å². The molecule has 5 nitrogen and oxygen atoms in total. The van der Waals surface area contributed by atoms with Crippen LogP contribution in [0.3, 0.4) is 0 Å². The van der Waals surface area contributed by atoms with Gasteiger partial charge in [0.05, 0.1) is 8.66 Å². The molecule has 0 saturated carbocycles. The molecule has 0 saturated heterocycles. The van der Waals surface area contributed by atoms with E-state index in [1.54, 1.807) is 12.1 Å². The standard InChI is InChI=1S/C10H7BrN2O3S/c1-13-4-5(9(14)15)8(12-10(13)16)6-2-3-7(11)17-6/h2-4H,1H3,(H,14,15). The van der Waals surface area contributed by atoms with Crippen molar-refractivity contribution in [3.05, 3.63) is 38.2 Å². The predicted molar refractivity (Wildman–Crippen MR) is 67.5 cm³/mol. The molecule has 0 fully saturated rings. The lowest BCUT2D eigenvalue weighted by molar-refractivity contribution is 0.0696. The van der Waals surface area contributed by atoms with Crippen LogP contribution < -0.4 is 5.69 Å². The molecule has 2 rings (SSSR count). The van der Waals surface area contributed by atoms with E-state index < -0.39 is 11.7 Å². The van der Waals surface area contributed by atoms with Crippen LogP contribution in [0.5, 0.6) is 0 Å². The van der Waals surface area contributed by atoms with E-state index in [4.69, 9.17) is 5.11 Å². The van der Waals surface area contributed by atoms with E-state index >= 15 is 0 Å². The molecule has 0 radical (unpaired) electrons. The van der Waals surface area contributed by atoms with E-state index in [1.165, 1.54) is 24.6 Å². The minimum Gasteiger partial charge on any atom is -0.478 e. The van der Waals surface area contributed by atoms with Gasteiger partial charge >= 0.3 is 11.7 Å². The number of rotatable bonds is 2. The molecule has 17 heavy (non-hydrogen) atoms. The van der Waals surface area contributed by atoms with Crippen LogP contribution in [0, 0.1) is 0 Å². The van der Waals surface area contributed by atoms with Gasteiger partial charge in [-0.05, 0) is 28.1 Å². The maximum Gasteiger partial charge on any atom is 0.347 e. The minimum absolute atomic E-state index is 0.0152. The molecule has 1 N–H and O–H groups in total. The molecular weight excluding hydrogens is 308 g/mol. The van der Waals surface area contributed by atoms with Gasteiger partial charge in [0, 0.05) is 13.2 Å². The molecule has 0 bridgehead atoms. The molecule has 0 aliphatic heterocycles. The SMILES string of the molecule is Cn1cc(C(=O)O)c(-c2ccc(Br)s2)nc1=O. The van der Waals surface area contributed by atoms with Gasteiger partial charge in [0.15, 0.2) is 0 Å². The molecule has 88 valence electrons. The second-order valence-electron chi connectivity index (χ2n) is 3.31. The van der Waals surface area contributed by atoms with Crippen molar-refractivity contribution >= 4 is 33.2 Å². The number of hydrogen-bond acceptors (Lipinski definition) is 4. The molecule has 0 amide bonds. The molecule has 0 atom stereocenters. The Bertz CT molecular complexity index is 647. The zero-order chi connectivity index (χ0) is 12.6. The predicted octanol–water partition coefficient (Wildman–Crippen LogP) is 1.97. The van der Waals surface area contributed by atoms with Crippen LogP contribution in [-0.2, 0) is 7.05 Å². The van der Waals surface area contributed by atoms with E-state index in [1.807, 2.05) is 0 Å². The second kappa shape index (κ2) is 4.42. The van der Waals surface area contributed by atoms with Crippen LogP contribution in [0.15, 0.2) is 26.9 Å². The fraction of sp³-hybridized carbons (Fsp3) is 0.100. The van der Waals surface area contributed by atoms with E-state index in [-0.39, 0.29) is 11.3 Å². The molecule has 0 aromatic carbocycles. The maximum atomic E-state index is 11.4. The van der Waals surface area contributed by atoms with Crippen LogP contribution in [-0.4, -0.2) is 20.6 Å². The van der Waals surface area contributed by atoms with Crippen molar-refractivity contribution in [2.24, 2.45) is 7.05 Å². The number of carboxylic acid groups (broad SMARTS) is 1. The highest BCUT2D eigenvalue weighted by molar-refractivity contribution is 9.11. The first kappa shape index (κ1) is 12.0. The van der Waals surface area contributed by atoms with Gasteiger partial charge in [-0.2, -0.15) is 4.98 Å². The van der Waals surface area contributed by atoms with Gasteiger partial charge in [0.2, 0.25) is 0 Å². The zero-order valence-corrected chi connectivity index (χ0v) is 11.1. The molecular formula is C10H7BrN2O3S. The number of hydrogen-bond donors (Lipinski definition) is 1. The van der Waals surface area contributed by atoms with Gasteiger partial charge < -0.3 is 9.67 Å². The van der Waals surface area contributed by atoms with Crippen LogP contribution in [0.1, 0.15) is 10.4 Å². The molecule has 2 aromatic rings. The number of aromatic carboxylic acids is 1. The fourth-order valence-electron chi connectivity index (χ4n) is 1.33. The van der Waals surface area contributed by atoms with E-state index in [0.717, 1.165) is 8.35 Å².